The normalized spacial score (nSPS) is 22.1. The van der Waals surface area contributed by atoms with Crippen molar-refractivity contribution in [3.63, 3.8) is 0 Å². The van der Waals surface area contributed by atoms with Gasteiger partial charge in [0.1, 0.15) is 5.75 Å². The third kappa shape index (κ3) is 6.88. The van der Waals surface area contributed by atoms with Crippen LogP contribution >= 0.6 is 0 Å². The molecule has 2 atom stereocenters. The number of nitrogens with one attached hydrogen (secondary N) is 2. The summed E-state index contributed by atoms with van der Waals surface area (Å²) in [4.78, 5) is 6.99. The molecule has 2 aliphatic heterocycles. The maximum atomic E-state index is 6.17. The van der Waals surface area contributed by atoms with Gasteiger partial charge in [0.25, 0.3) is 0 Å². The maximum absolute atomic E-state index is 6.17. The van der Waals surface area contributed by atoms with Crippen LogP contribution in [0.15, 0.2) is 23.2 Å². The number of benzene rings is 1. The fraction of sp³-hybridized carbons (Fsp3) is 0.708. The zero-order valence-electron chi connectivity index (χ0n) is 19.2. The monoisotopic (exact) mass is 416 g/mol. The van der Waals surface area contributed by atoms with Crippen molar-refractivity contribution in [1.29, 1.82) is 0 Å². The fourth-order valence-corrected chi connectivity index (χ4v) is 4.11. The van der Waals surface area contributed by atoms with Crippen LogP contribution in [-0.4, -0.2) is 63.4 Å². The number of guanidine groups is 1. The second-order valence-corrected chi connectivity index (χ2v) is 9.03. The van der Waals surface area contributed by atoms with E-state index in [1.54, 1.807) is 0 Å². The standard InChI is InChI=1S/C24H40N4O2/c1-18-7-10-28(11-8-18)20(3)14-26-24(25-4)27-15-22-6-5-19(2)13-23(22)30-17-21-9-12-29-16-21/h5-6,13,18,20-21H,7-12,14-17H2,1-4H3,(H2,25,26,27). The van der Waals surface area contributed by atoms with Crippen LogP contribution in [0.4, 0.5) is 0 Å². The lowest BCUT2D eigenvalue weighted by molar-refractivity contribution is 0.147. The van der Waals surface area contributed by atoms with Crippen LogP contribution in [0.25, 0.3) is 0 Å². The van der Waals surface area contributed by atoms with Gasteiger partial charge < -0.3 is 20.1 Å². The molecule has 0 bridgehead atoms. The highest BCUT2D eigenvalue weighted by Crippen LogP contribution is 2.23. The Kier molecular flexibility index (Phi) is 8.82. The minimum Gasteiger partial charge on any atom is -0.493 e. The predicted molar refractivity (Wildman–Crippen MR) is 123 cm³/mol. The van der Waals surface area contributed by atoms with E-state index in [-0.39, 0.29) is 0 Å². The van der Waals surface area contributed by atoms with Crippen molar-refractivity contribution >= 4 is 5.96 Å². The third-order valence-corrected chi connectivity index (χ3v) is 6.40. The summed E-state index contributed by atoms with van der Waals surface area (Å²) in [5, 5.41) is 6.95. The van der Waals surface area contributed by atoms with Crippen molar-refractivity contribution in [3.05, 3.63) is 29.3 Å². The molecule has 0 radical (unpaired) electrons. The van der Waals surface area contributed by atoms with E-state index in [1.807, 2.05) is 7.05 Å². The smallest absolute Gasteiger partial charge is 0.191 e. The Balaban J connectivity index is 1.48. The number of ether oxygens (including phenoxy) is 2. The summed E-state index contributed by atoms with van der Waals surface area (Å²) in [5.41, 5.74) is 2.36. The molecule has 2 unspecified atom stereocenters. The molecule has 0 aliphatic carbocycles. The van der Waals surface area contributed by atoms with E-state index in [2.05, 4.69) is 59.5 Å². The minimum atomic E-state index is 0.500. The van der Waals surface area contributed by atoms with Crippen LogP contribution < -0.4 is 15.4 Å². The first-order valence-electron chi connectivity index (χ1n) is 11.5. The fourth-order valence-electron chi connectivity index (χ4n) is 4.11. The van der Waals surface area contributed by atoms with Crippen LogP contribution in [0.3, 0.4) is 0 Å². The van der Waals surface area contributed by atoms with Crippen molar-refractivity contribution < 1.29 is 9.47 Å². The Hall–Kier alpha value is -1.79. The van der Waals surface area contributed by atoms with Gasteiger partial charge in [0.05, 0.1) is 13.2 Å². The van der Waals surface area contributed by atoms with Gasteiger partial charge in [0, 0.05) is 44.3 Å². The van der Waals surface area contributed by atoms with Crippen LogP contribution in [0.5, 0.6) is 5.75 Å². The molecule has 2 N–H and O–H groups in total. The molecular weight excluding hydrogens is 376 g/mol. The van der Waals surface area contributed by atoms with Crippen molar-refractivity contribution in [2.45, 2.75) is 52.6 Å². The van der Waals surface area contributed by atoms with Crippen LogP contribution in [0.1, 0.15) is 44.2 Å². The quantitative estimate of drug-likeness (QED) is 0.503. The Morgan fingerprint density at radius 1 is 1.27 bits per heavy atom. The van der Waals surface area contributed by atoms with Gasteiger partial charge in [-0.3, -0.25) is 9.89 Å². The number of nitrogens with zero attached hydrogens (tertiary/aromatic N) is 2. The number of aryl methyl sites for hydroxylation is 1. The van der Waals surface area contributed by atoms with E-state index >= 15 is 0 Å². The third-order valence-electron chi connectivity index (χ3n) is 6.40. The van der Waals surface area contributed by atoms with E-state index < -0.39 is 0 Å². The number of aliphatic imine (C=N–C) groups is 1. The van der Waals surface area contributed by atoms with Gasteiger partial charge in [-0.25, -0.2) is 0 Å². The Bertz CT molecular complexity index is 680. The molecular formula is C24H40N4O2. The zero-order valence-corrected chi connectivity index (χ0v) is 19.2. The van der Waals surface area contributed by atoms with Crippen LogP contribution in [0, 0.1) is 18.8 Å². The Morgan fingerprint density at radius 3 is 2.77 bits per heavy atom. The van der Waals surface area contributed by atoms with Gasteiger partial charge in [0.2, 0.25) is 0 Å². The first-order valence-corrected chi connectivity index (χ1v) is 11.5. The zero-order chi connectivity index (χ0) is 21.3. The molecule has 0 amide bonds. The number of hydrogen-bond acceptors (Lipinski definition) is 4. The summed E-state index contributed by atoms with van der Waals surface area (Å²) in [7, 11) is 1.83. The number of likely N-dealkylation sites (tertiary alicyclic amines) is 1. The SMILES string of the molecule is CN=C(NCc1ccc(C)cc1OCC1CCOC1)NCC(C)N1CCC(C)CC1. The summed E-state index contributed by atoms with van der Waals surface area (Å²) in [6, 6.07) is 6.91. The highest BCUT2D eigenvalue weighted by molar-refractivity contribution is 5.79. The molecule has 1 aromatic rings. The summed E-state index contributed by atoms with van der Waals surface area (Å²) in [6.07, 6.45) is 3.70. The highest BCUT2D eigenvalue weighted by Gasteiger charge is 2.20. The molecule has 2 aliphatic rings. The molecule has 2 heterocycles. The molecule has 3 rings (SSSR count). The van der Waals surface area contributed by atoms with Crippen LogP contribution in [0.2, 0.25) is 0 Å². The van der Waals surface area contributed by atoms with Crippen LogP contribution in [-0.2, 0) is 11.3 Å². The second kappa shape index (κ2) is 11.6. The average Bonchev–Trinajstić information content (AvgIpc) is 3.27. The molecule has 6 heteroatoms. The van der Waals surface area contributed by atoms with E-state index in [0.717, 1.165) is 56.0 Å². The molecule has 0 saturated carbocycles. The lowest BCUT2D eigenvalue weighted by Gasteiger charge is -2.35. The lowest BCUT2D eigenvalue weighted by atomic mass is 9.98. The highest BCUT2D eigenvalue weighted by atomic mass is 16.5. The number of piperidine rings is 1. The van der Waals surface area contributed by atoms with Gasteiger partial charge in [-0.1, -0.05) is 19.1 Å². The Labute approximate surface area is 182 Å². The number of hydrogen-bond donors (Lipinski definition) is 2. The van der Waals surface area contributed by atoms with E-state index in [0.29, 0.717) is 18.5 Å². The van der Waals surface area contributed by atoms with Crippen molar-refractivity contribution in [2.24, 2.45) is 16.8 Å². The van der Waals surface area contributed by atoms with Crippen molar-refractivity contribution in [3.8, 4) is 5.75 Å². The predicted octanol–water partition coefficient (Wildman–Crippen LogP) is 3.20. The van der Waals surface area contributed by atoms with Crippen molar-refractivity contribution in [2.75, 3.05) is 46.5 Å². The molecule has 0 spiro atoms. The minimum absolute atomic E-state index is 0.500. The molecule has 30 heavy (non-hydrogen) atoms. The average molecular weight is 417 g/mol. The van der Waals surface area contributed by atoms with Gasteiger partial charge in [-0.05, 0) is 63.7 Å². The molecule has 1 aromatic carbocycles. The van der Waals surface area contributed by atoms with Gasteiger partial charge in [-0.2, -0.15) is 0 Å². The van der Waals surface area contributed by atoms with E-state index in [1.165, 1.54) is 31.5 Å². The van der Waals surface area contributed by atoms with E-state index in [4.69, 9.17) is 9.47 Å². The maximum Gasteiger partial charge on any atom is 0.191 e. The van der Waals surface area contributed by atoms with Gasteiger partial charge in [0.15, 0.2) is 5.96 Å². The summed E-state index contributed by atoms with van der Waals surface area (Å²) < 4.78 is 11.6. The second-order valence-electron chi connectivity index (χ2n) is 9.03. The molecule has 168 valence electrons. The summed E-state index contributed by atoms with van der Waals surface area (Å²) in [6.45, 7) is 13.1. The van der Waals surface area contributed by atoms with Crippen molar-refractivity contribution in [1.82, 2.24) is 15.5 Å². The number of rotatable bonds is 8. The summed E-state index contributed by atoms with van der Waals surface area (Å²) >= 11 is 0. The summed E-state index contributed by atoms with van der Waals surface area (Å²) in [5.74, 6) is 3.16. The Morgan fingerprint density at radius 2 is 2.07 bits per heavy atom. The molecule has 2 saturated heterocycles. The largest absolute Gasteiger partial charge is 0.493 e. The molecule has 0 aromatic heterocycles. The molecule has 6 nitrogen and oxygen atoms in total. The topological polar surface area (TPSA) is 58.1 Å². The van der Waals surface area contributed by atoms with E-state index in [9.17, 15) is 0 Å². The van der Waals surface area contributed by atoms with Gasteiger partial charge in [-0.15, -0.1) is 0 Å². The molecule has 2 fully saturated rings. The van der Waals surface area contributed by atoms with Gasteiger partial charge >= 0.3 is 0 Å². The first-order chi connectivity index (χ1) is 14.5. The lowest BCUT2D eigenvalue weighted by Crippen LogP contribution is -2.48. The first kappa shape index (κ1) is 22.9.